The van der Waals surface area contributed by atoms with Crippen molar-refractivity contribution in [3.05, 3.63) is 84.4 Å². The van der Waals surface area contributed by atoms with Crippen molar-refractivity contribution in [2.45, 2.75) is 6.54 Å². The van der Waals surface area contributed by atoms with Crippen LogP contribution in [0.25, 0.3) is 33.9 Å². The Bertz CT molecular complexity index is 1520. The lowest BCUT2D eigenvalue weighted by atomic mass is 10.2. The van der Waals surface area contributed by atoms with Crippen LogP contribution in [0, 0.1) is 11.6 Å². The van der Waals surface area contributed by atoms with E-state index in [-0.39, 0.29) is 24.1 Å². The topological polar surface area (TPSA) is 80.3 Å². The van der Waals surface area contributed by atoms with Crippen molar-refractivity contribution in [3.63, 3.8) is 0 Å². The Hall–Kier alpha value is -4.60. The number of anilines is 1. The molecule has 0 aliphatic carbocycles. The van der Waals surface area contributed by atoms with Gasteiger partial charge >= 0.3 is 0 Å². The van der Waals surface area contributed by atoms with Crippen LogP contribution in [0.2, 0.25) is 0 Å². The molecule has 1 fully saturated rings. The van der Waals surface area contributed by atoms with Crippen molar-refractivity contribution in [3.8, 4) is 22.8 Å². The maximum absolute atomic E-state index is 13.5. The first-order valence-corrected chi connectivity index (χ1v) is 11.9. The third-order valence-electron chi connectivity index (χ3n) is 6.35. The minimum atomic E-state index is -0.374. The first-order valence-electron chi connectivity index (χ1n) is 11.9. The molecule has 5 aromatic rings. The molecule has 1 aliphatic heterocycles. The number of carbonyl (C=O) groups excluding carboxylic acids is 1. The fraction of sp³-hybridized carbons (Fsp3) is 0.185. The van der Waals surface area contributed by atoms with Crippen LogP contribution >= 0.6 is 0 Å². The largest absolute Gasteiger partial charge is 0.423 e. The van der Waals surface area contributed by atoms with Gasteiger partial charge in [0.1, 0.15) is 23.7 Å². The van der Waals surface area contributed by atoms with E-state index in [0.29, 0.717) is 55.0 Å². The molecule has 0 bridgehead atoms. The predicted octanol–water partition coefficient (Wildman–Crippen LogP) is 4.38. The molecule has 0 spiro atoms. The van der Waals surface area contributed by atoms with Crippen molar-refractivity contribution in [1.29, 1.82) is 0 Å². The summed E-state index contributed by atoms with van der Waals surface area (Å²) in [6.45, 7) is 2.14. The Labute approximate surface area is 210 Å². The van der Waals surface area contributed by atoms with Gasteiger partial charge in [-0.1, -0.05) is 12.1 Å². The maximum Gasteiger partial charge on any atom is 0.298 e. The number of fused-ring (bicyclic) bond motifs is 1. The number of para-hydroxylation sites is 2. The second kappa shape index (κ2) is 9.45. The van der Waals surface area contributed by atoms with Crippen molar-refractivity contribution in [1.82, 2.24) is 24.6 Å². The summed E-state index contributed by atoms with van der Waals surface area (Å²) in [6, 6.07) is 19.8. The number of aromatic nitrogens is 4. The molecule has 1 amide bonds. The number of amides is 1. The van der Waals surface area contributed by atoms with Crippen LogP contribution < -0.4 is 4.90 Å². The summed E-state index contributed by atoms with van der Waals surface area (Å²) in [7, 11) is 0. The van der Waals surface area contributed by atoms with Gasteiger partial charge in [0, 0.05) is 37.3 Å². The van der Waals surface area contributed by atoms with Gasteiger partial charge in [0.25, 0.3) is 6.01 Å². The first-order chi connectivity index (χ1) is 18.0. The molecular weight excluding hydrogens is 478 g/mol. The SMILES string of the molecule is O=C(Cn1nc(-c2ccc(F)cc2)nc1-c1ccc(F)cc1)N1CCN(c2nc3ccccc3o2)CC1. The van der Waals surface area contributed by atoms with Gasteiger partial charge in [0.05, 0.1) is 0 Å². The molecule has 0 unspecified atom stereocenters. The molecule has 1 saturated heterocycles. The van der Waals surface area contributed by atoms with Gasteiger partial charge in [-0.15, -0.1) is 5.10 Å². The molecule has 8 nitrogen and oxygen atoms in total. The number of oxazole rings is 1. The van der Waals surface area contributed by atoms with E-state index in [2.05, 4.69) is 15.1 Å². The van der Waals surface area contributed by atoms with E-state index < -0.39 is 0 Å². The van der Waals surface area contributed by atoms with Gasteiger partial charge < -0.3 is 14.2 Å². The lowest BCUT2D eigenvalue weighted by Gasteiger charge is -2.33. The Morgan fingerprint density at radius 3 is 2.14 bits per heavy atom. The molecule has 2 aromatic heterocycles. The molecule has 186 valence electrons. The van der Waals surface area contributed by atoms with Crippen LogP contribution in [-0.4, -0.2) is 56.7 Å². The predicted molar refractivity (Wildman–Crippen MR) is 134 cm³/mol. The number of hydrogen-bond donors (Lipinski definition) is 0. The van der Waals surface area contributed by atoms with E-state index in [1.165, 1.54) is 28.9 Å². The smallest absolute Gasteiger partial charge is 0.298 e. The van der Waals surface area contributed by atoms with Gasteiger partial charge in [0.2, 0.25) is 5.91 Å². The number of piperazine rings is 1. The van der Waals surface area contributed by atoms with Crippen LogP contribution in [0.5, 0.6) is 0 Å². The molecule has 6 rings (SSSR count). The van der Waals surface area contributed by atoms with Crippen molar-refractivity contribution in [2.75, 3.05) is 31.1 Å². The van der Waals surface area contributed by atoms with Gasteiger partial charge in [0.15, 0.2) is 17.2 Å². The highest BCUT2D eigenvalue weighted by atomic mass is 19.1. The van der Waals surface area contributed by atoms with E-state index in [1.54, 1.807) is 29.2 Å². The van der Waals surface area contributed by atoms with E-state index >= 15 is 0 Å². The lowest BCUT2D eigenvalue weighted by Crippen LogP contribution is -2.49. The zero-order valence-electron chi connectivity index (χ0n) is 19.7. The quantitative estimate of drug-likeness (QED) is 0.356. The van der Waals surface area contributed by atoms with Gasteiger partial charge in [-0.3, -0.25) is 4.79 Å². The standard InChI is InChI=1S/C27H22F2N6O2/c28-20-9-5-18(6-10-20)25-31-26(19-7-11-21(29)12-8-19)35(32-25)17-24(36)33-13-15-34(16-14-33)27-30-22-3-1-2-4-23(22)37-27/h1-12H,13-17H2. The lowest BCUT2D eigenvalue weighted by molar-refractivity contribution is -0.132. The highest BCUT2D eigenvalue weighted by Crippen LogP contribution is 2.25. The number of rotatable bonds is 5. The number of carbonyl (C=O) groups is 1. The number of nitrogens with zero attached hydrogens (tertiary/aromatic N) is 6. The minimum Gasteiger partial charge on any atom is -0.423 e. The van der Waals surface area contributed by atoms with Crippen molar-refractivity contribution < 1.29 is 18.0 Å². The highest BCUT2D eigenvalue weighted by Gasteiger charge is 2.25. The van der Waals surface area contributed by atoms with Crippen LogP contribution in [0.15, 0.2) is 77.2 Å². The normalized spacial score (nSPS) is 13.9. The van der Waals surface area contributed by atoms with E-state index in [1.807, 2.05) is 29.2 Å². The molecule has 0 radical (unpaired) electrons. The third-order valence-corrected chi connectivity index (χ3v) is 6.35. The summed E-state index contributed by atoms with van der Waals surface area (Å²) in [6.07, 6.45) is 0. The molecule has 3 heterocycles. The molecule has 0 atom stereocenters. The second-order valence-electron chi connectivity index (χ2n) is 8.76. The molecular formula is C27H22F2N6O2. The molecule has 0 N–H and O–H groups in total. The zero-order chi connectivity index (χ0) is 25.4. The van der Waals surface area contributed by atoms with E-state index in [0.717, 1.165) is 11.1 Å². The van der Waals surface area contributed by atoms with Crippen LogP contribution in [0.1, 0.15) is 0 Å². The summed E-state index contributed by atoms with van der Waals surface area (Å²) >= 11 is 0. The Morgan fingerprint density at radius 2 is 1.46 bits per heavy atom. The molecule has 0 saturated carbocycles. The molecule has 3 aromatic carbocycles. The van der Waals surface area contributed by atoms with Gasteiger partial charge in [-0.2, -0.15) is 4.98 Å². The average molecular weight is 501 g/mol. The Balaban J connectivity index is 1.20. The fourth-order valence-corrected chi connectivity index (χ4v) is 4.36. The summed E-state index contributed by atoms with van der Waals surface area (Å²) in [5.74, 6) is -0.0719. The van der Waals surface area contributed by atoms with E-state index in [4.69, 9.17) is 4.42 Å². The van der Waals surface area contributed by atoms with Crippen LogP contribution in [0.3, 0.4) is 0 Å². The molecule has 1 aliphatic rings. The fourth-order valence-electron chi connectivity index (χ4n) is 4.36. The third kappa shape index (κ3) is 4.65. The molecule has 10 heteroatoms. The average Bonchev–Trinajstić information content (AvgIpc) is 3.54. The first kappa shape index (κ1) is 22.8. The summed E-state index contributed by atoms with van der Waals surface area (Å²) in [5.41, 5.74) is 2.76. The summed E-state index contributed by atoms with van der Waals surface area (Å²) in [4.78, 5) is 26.2. The Kier molecular flexibility index (Phi) is 5.84. The minimum absolute atomic E-state index is 0.0379. The highest BCUT2D eigenvalue weighted by molar-refractivity contribution is 5.77. The van der Waals surface area contributed by atoms with Crippen molar-refractivity contribution in [2.24, 2.45) is 0 Å². The van der Waals surface area contributed by atoms with Crippen LogP contribution in [0.4, 0.5) is 14.8 Å². The number of halogens is 2. The summed E-state index contributed by atoms with van der Waals surface area (Å²) < 4.78 is 34.3. The Morgan fingerprint density at radius 1 is 0.811 bits per heavy atom. The number of benzene rings is 3. The van der Waals surface area contributed by atoms with Crippen LogP contribution in [-0.2, 0) is 11.3 Å². The van der Waals surface area contributed by atoms with Crippen molar-refractivity contribution >= 4 is 23.0 Å². The summed E-state index contributed by atoms with van der Waals surface area (Å²) in [5, 5.41) is 4.54. The second-order valence-corrected chi connectivity index (χ2v) is 8.76. The number of hydrogen-bond acceptors (Lipinski definition) is 6. The molecule has 37 heavy (non-hydrogen) atoms. The van der Waals surface area contributed by atoms with Gasteiger partial charge in [-0.05, 0) is 60.7 Å². The maximum atomic E-state index is 13.5. The monoisotopic (exact) mass is 500 g/mol. The zero-order valence-corrected chi connectivity index (χ0v) is 19.7. The van der Waals surface area contributed by atoms with Gasteiger partial charge in [-0.25, -0.2) is 18.4 Å². The van der Waals surface area contributed by atoms with E-state index in [9.17, 15) is 13.6 Å².